The molecule has 2 aromatic rings. The summed E-state index contributed by atoms with van der Waals surface area (Å²) in [7, 11) is 0. The van der Waals surface area contributed by atoms with E-state index in [0.717, 1.165) is 6.07 Å². The van der Waals surface area contributed by atoms with Gasteiger partial charge in [0.05, 0.1) is 22.8 Å². The van der Waals surface area contributed by atoms with Crippen molar-refractivity contribution in [1.82, 2.24) is 10.3 Å². The molecule has 0 aliphatic carbocycles. The Bertz CT molecular complexity index is 951. The molecule has 2 atom stereocenters. The molecule has 2 heterocycles. The van der Waals surface area contributed by atoms with Crippen molar-refractivity contribution in [2.75, 3.05) is 18.0 Å². The Hall–Kier alpha value is -2.84. The number of carbonyl (C=O) groups is 2. The summed E-state index contributed by atoms with van der Waals surface area (Å²) in [5.41, 5.74) is 6.02. The Labute approximate surface area is 167 Å². The highest BCUT2D eigenvalue weighted by atomic mass is 19.1. The average Bonchev–Trinajstić information content (AvgIpc) is 2.92. The van der Waals surface area contributed by atoms with Crippen LogP contribution in [0.3, 0.4) is 0 Å². The monoisotopic (exact) mass is 408 g/mol. The minimum absolute atomic E-state index is 0.0291. The second-order valence-electron chi connectivity index (χ2n) is 8.44. The third-order valence-corrected chi connectivity index (χ3v) is 4.68. The third-order valence-electron chi connectivity index (χ3n) is 4.68. The standard InChI is InChI=1S/C20H26F2N4O3/c1-10-5-13-16(24-10)14(18(23)27)7-15(22)17(13)26-8-11(21)6-12(9-26)25-19(28)29-20(2,3)4/h5,7,11-12,24H,6,8-9H2,1-4H3,(H2,23,27)(H,25,28)/t11-,12+/m1/s1. The molecule has 7 nitrogen and oxygen atoms in total. The van der Waals surface area contributed by atoms with Gasteiger partial charge in [-0.15, -0.1) is 0 Å². The van der Waals surface area contributed by atoms with Crippen molar-refractivity contribution in [3.8, 4) is 0 Å². The summed E-state index contributed by atoms with van der Waals surface area (Å²) in [4.78, 5) is 28.3. The van der Waals surface area contributed by atoms with Gasteiger partial charge in [0, 0.05) is 30.6 Å². The molecule has 1 fully saturated rings. The van der Waals surface area contributed by atoms with Crippen molar-refractivity contribution in [2.45, 2.75) is 51.9 Å². The summed E-state index contributed by atoms with van der Waals surface area (Å²) < 4.78 is 34.7. The first-order valence-corrected chi connectivity index (χ1v) is 9.44. The normalized spacial score (nSPS) is 20.0. The molecule has 0 saturated carbocycles. The Kier molecular flexibility index (Phi) is 5.42. The van der Waals surface area contributed by atoms with Gasteiger partial charge in [0.1, 0.15) is 17.6 Å². The van der Waals surface area contributed by atoms with E-state index in [-0.39, 0.29) is 30.8 Å². The molecule has 0 radical (unpaired) electrons. The number of aryl methyl sites for hydroxylation is 1. The van der Waals surface area contributed by atoms with Crippen LogP contribution in [0, 0.1) is 12.7 Å². The minimum Gasteiger partial charge on any atom is -0.444 e. The number of nitrogens with two attached hydrogens (primary N) is 1. The molecule has 0 bridgehead atoms. The predicted molar refractivity (Wildman–Crippen MR) is 106 cm³/mol. The van der Waals surface area contributed by atoms with Crippen LogP contribution in [0.15, 0.2) is 12.1 Å². The van der Waals surface area contributed by atoms with E-state index in [1.165, 1.54) is 0 Å². The van der Waals surface area contributed by atoms with E-state index in [0.29, 0.717) is 16.6 Å². The van der Waals surface area contributed by atoms with Gasteiger partial charge >= 0.3 is 6.09 Å². The maximum atomic E-state index is 15.0. The zero-order valence-corrected chi connectivity index (χ0v) is 16.9. The SMILES string of the molecule is Cc1cc2c(N3C[C@H](F)C[C@H](NC(=O)OC(C)(C)C)C3)c(F)cc(C(N)=O)c2[nH]1. The van der Waals surface area contributed by atoms with Gasteiger partial charge in [-0.3, -0.25) is 4.79 Å². The lowest BCUT2D eigenvalue weighted by atomic mass is 10.0. The fourth-order valence-electron chi connectivity index (χ4n) is 3.70. The molecular weight excluding hydrogens is 382 g/mol. The van der Waals surface area contributed by atoms with Crippen LogP contribution in [0.5, 0.6) is 0 Å². The molecule has 0 spiro atoms. The maximum Gasteiger partial charge on any atom is 0.407 e. The Balaban J connectivity index is 1.93. The van der Waals surface area contributed by atoms with Crippen LogP contribution in [0.4, 0.5) is 19.3 Å². The van der Waals surface area contributed by atoms with E-state index < -0.39 is 35.6 Å². The van der Waals surface area contributed by atoms with E-state index in [9.17, 15) is 18.4 Å². The number of aromatic nitrogens is 1. The Morgan fingerprint density at radius 2 is 2.00 bits per heavy atom. The summed E-state index contributed by atoms with van der Waals surface area (Å²) in [6, 6.07) is 2.20. The molecule has 1 aliphatic rings. The molecule has 9 heteroatoms. The number of benzene rings is 1. The van der Waals surface area contributed by atoms with E-state index in [1.54, 1.807) is 38.7 Å². The van der Waals surface area contributed by atoms with Crippen LogP contribution in [0.25, 0.3) is 10.9 Å². The van der Waals surface area contributed by atoms with Crippen LogP contribution in [-0.2, 0) is 4.74 Å². The number of nitrogens with one attached hydrogen (secondary N) is 2. The number of alkyl halides is 1. The van der Waals surface area contributed by atoms with Crippen molar-refractivity contribution in [1.29, 1.82) is 0 Å². The highest BCUT2D eigenvalue weighted by Gasteiger charge is 2.32. The molecule has 4 N–H and O–H groups in total. The highest BCUT2D eigenvalue weighted by Crippen LogP contribution is 2.35. The van der Waals surface area contributed by atoms with E-state index in [1.807, 2.05) is 0 Å². The lowest BCUT2D eigenvalue weighted by Gasteiger charge is -2.37. The first-order chi connectivity index (χ1) is 13.4. The molecule has 1 aromatic carbocycles. The number of rotatable bonds is 3. The van der Waals surface area contributed by atoms with Crippen molar-refractivity contribution < 1.29 is 23.1 Å². The second kappa shape index (κ2) is 7.53. The number of hydrogen-bond donors (Lipinski definition) is 3. The van der Waals surface area contributed by atoms with Crippen molar-refractivity contribution in [2.24, 2.45) is 5.73 Å². The number of hydrogen-bond acceptors (Lipinski definition) is 4. The van der Waals surface area contributed by atoms with Gasteiger partial charge in [0.15, 0.2) is 0 Å². The number of amides is 2. The zero-order chi connectivity index (χ0) is 21.5. The number of halogens is 2. The summed E-state index contributed by atoms with van der Waals surface area (Å²) in [5, 5.41) is 3.11. The van der Waals surface area contributed by atoms with Gasteiger partial charge in [-0.1, -0.05) is 0 Å². The van der Waals surface area contributed by atoms with Gasteiger partial charge in [0.2, 0.25) is 0 Å². The topological polar surface area (TPSA) is 100 Å². The molecule has 0 unspecified atom stereocenters. The average molecular weight is 408 g/mol. The quantitative estimate of drug-likeness (QED) is 0.726. The smallest absolute Gasteiger partial charge is 0.407 e. The number of nitrogens with zero attached hydrogens (tertiary/aromatic N) is 1. The van der Waals surface area contributed by atoms with E-state index in [2.05, 4.69) is 10.3 Å². The lowest BCUT2D eigenvalue weighted by molar-refractivity contribution is 0.0490. The molecular formula is C20H26F2N4O3. The van der Waals surface area contributed by atoms with Crippen LogP contribution < -0.4 is 16.0 Å². The van der Waals surface area contributed by atoms with Crippen LogP contribution in [0.2, 0.25) is 0 Å². The number of piperidine rings is 1. The number of H-pyrrole nitrogens is 1. The van der Waals surface area contributed by atoms with Crippen LogP contribution in [0.1, 0.15) is 43.2 Å². The van der Waals surface area contributed by atoms with Gasteiger partial charge in [-0.2, -0.15) is 0 Å². The molecule has 1 aliphatic heterocycles. The zero-order valence-electron chi connectivity index (χ0n) is 16.9. The van der Waals surface area contributed by atoms with Gasteiger partial charge in [-0.05, 0) is 39.8 Å². The largest absolute Gasteiger partial charge is 0.444 e. The summed E-state index contributed by atoms with van der Waals surface area (Å²) in [6.07, 6.45) is -1.82. The molecule has 1 aromatic heterocycles. The third kappa shape index (κ3) is 4.60. The summed E-state index contributed by atoms with van der Waals surface area (Å²) in [6.45, 7) is 7.15. The minimum atomic E-state index is -1.27. The molecule has 29 heavy (non-hydrogen) atoms. The number of carbonyl (C=O) groups excluding carboxylic acids is 2. The first kappa shape index (κ1) is 20.9. The van der Waals surface area contributed by atoms with Crippen molar-refractivity contribution in [3.63, 3.8) is 0 Å². The Morgan fingerprint density at radius 3 is 2.62 bits per heavy atom. The van der Waals surface area contributed by atoms with Crippen molar-refractivity contribution in [3.05, 3.63) is 29.2 Å². The van der Waals surface area contributed by atoms with Gasteiger partial charge in [-0.25, -0.2) is 13.6 Å². The van der Waals surface area contributed by atoms with E-state index in [4.69, 9.17) is 10.5 Å². The molecule has 158 valence electrons. The van der Waals surface area contributed by atoms with Gasteiger partial charge in [0.25, 0.3) is 5.91 Å². The summed E-state index contributed by atoms with van der Waals surface area (Å²) >= 11 is 0. The number of primary amides is 1. The second-order valence-corrected chi connectivity index (χ2v) is 8.44. The highest BCUT2D eigenvalue weighted by molar-refractivity contribution is 6.09. The predicted octanol–water partition coefficient (Wildman–Crippen LogP) is 3.16. The van der Waals surface area contributed by atoms with Crippen LogP contribution >= 0.6 is 0 Å². The fourth-order valence-corrected chi connectivity index (χ4v) is 3.70. The lowest BCUT2D eigenvalue weighted by Crippen LogP contribution is -2.52. The Morgan fingerprint density at radius 1 is 1.31 bits per heavy atom. The summed E-state index contributed by atoms with van der Waals surface area (Å²) in [5.74, 6) is -1.43. The van der Waals surface area contributed by atoms with E-state index >= 15 is 0 Å². The van der Waals surface area contributed by atoms with Crippen molar-refractivity contribution >= 4 is 28.6 Å². The number of aromatic amines is 1. The van der Waals surface area contributed by atoms with Crippen LogP contribution in [-0.4, -0.2) is 47.9 Å². The first-order valence-electron chi connectivity index (χ1n) is 9.44. The number of alkyl carbamates (subject to hydrolysis) is 1. The maximum absolute atomic E-state index is 15.0. The number of anilines is 1. The fraction of sp³-hybridized carbons (Fsp3) is 0.500. The van der Waals surface area contributed by atoms with Gasteiger partial charge < -0.3 is 25.7 Å². The number of ether oxygens (including phenoxy) is 1. The number of fused-ring (bicyclic) bond motifs is 1. The molecule has 2 amide bonds. The molecule has 1 saturated heterocycles. The molecule has 3 rings (SSSR count).